The largest absolute Gasteiger partial charge is 0.487 e. The number of nitrogens with one attached hydrogen (secondary N) is 1. The standard InChI is InChI=1S/C26H35NO3/c1-8-22(29-19-12-10-18(11-13-19)25(3,4)5)24(28)27-21-16-26(6,7)30-23-15-17(2)9-14-20(21)23/h9-15,21-22H,8,16H2,1-7H3,(H,27,28)/t21-,22+/m0/s1. The highest BCUT2D eigenvalue weighted by molar-refractivity contribution is 5.81. The third-order valence-electron chi connectivity index (χ3n) is 5.60. The molecule has 0 saturated heterocycles. The number of amides is 1. The average molecular weight is 410 g/mol. The van der Waals surface area contributed by atoms with Crippen molar-refractivity contribution in [2.45, 2.75) is 84.5 Å². The van der Waals surface area contributed by atoms with Crippen molar-refractivity contribution < 1.29 is 14.3 Å². The van der Waals surface area contributed by atoms with Gasteiger partial charge in [0.1, 0.15) is 17.1 Å². The molecule has 1 aliphatic rings. The highest BCUT2D eigenvalue weighted by atomic mass is 16.5. The normalized spacial score (nSPS) is 18.7. The zero-order valence-electron chi connectivity index (χ0n) is 19.3. The summed E-state index contributed by atoms with van der Waals surface area (Å²) in [5.74, 6) is 1.48. The molecule has 2 atom stereocenters. The maximum absolute atomic E-state index is 13.1. The molecule has 1 amide bonds. The minimum atomic E-state index is -0.537. The molecule has 2 aromatic rings. The van der Waals surface area contributed by atoms with Crippen molar-refractivity contribution in [1.29, 1.82) is 0 Å². The molecule has 0 aromatic heterocycles. The van der Waals surface area contributed by atoms with Crippen LogP contribution < -0.4 is 14.8 Å². The fourth-order valence-corrected chi connectivity index (χ4v) is 3.87. The molecule has 1 N–H and O–H groups in total. The number of fused-ring (bicyclic) bond motifs is 1. The van der Waals surface area contributed by atoms with Gasteiger partial charge in [0.25, 0.3) is 5.91 Å². The lowest BCUT2D eigenvalue weighted by Gasteiger charge is -2.38. The van der Waals surface area contributed by atoms with Crippen LogP contribution >= 0.6 is 0 Å². The molecule has 0 saturated carbocycles. The predicted molar refractivity (Wildman–Crippen MR) is 121 cm³/mol. The average Bonchev–Trinajstić information content (AvgIpc) is 2.64. The van der Waals surface area contributed by atoms with Crippen LogP contribution in [0, 0.1) is 6.92 Å². The Balaban J connectivity index is 1.74. The SMILES string of the molecule is CC[C@@H](Oc1ccc(C(C)(C)C)cc1)C(=O)N[C@H]1CC(C)(C)Oc2cc(C)ccc21. The smallest absolute Gasteiger partial charge is 0.261 e. The highest BCUT2D eigenvalue weighted by Crippen LogP contribution is 2.40. The van der Waals surface area contributed by atoms with Gasteiger partial charge in [0.05, 0.1) is 6.04 Å². The van der Waals surface area contributed by atoms with Crippen molar-refractivity contribution in [2.75, 3.05) is 0 Å². The third kappa shape index (κ3) is 5.16. The van der Waals surface area contributed by atoms with Gasteiger partial charge in [0, 0.05) is 12.0 Å². The van der Waals surface area contributed by atoms with E-state index in [1.807, 2.05) is 32.0 Å². The number of hydrogen-bond donors (Lipinski definition) is 1. The van der Waals surface area contributed by atoms with Gasteiger partial charge < -0.3 is 14.8 Å². The first-order valence-corrected chi connectivity index (χ1v) is 10.9. The summed E-state index contributed by atoms with van der Waals surface area (Å²) in [4.78, 5) is 13.1. The van der Waals surface area contributed by atoms with Crippen molar-refractivity contribution in [3.05, 3.63) is 59.2 Å². The minimum absolute atomic E-state index is 0.0850. The van der Waals surface area contributed by atoms with Gasteiger partial charge in [-0.05, 0) is 61.9 Å². The summed E-state index contributed by atoms with van der Waals surface area (Å²) in [5.41, 5.74) is 3.15. The quantitative estimate of drug-likeness (QED) is 0.672. The van der Waals surface area contributed by atoms with Gasteiger partial charge in [-0.15, -0.1) is 0 Å². The van der Waals surface area contributed by atoms with Gasteiger partial charge in [0.2, 0.25) is 0 Å². The van der Waals surface area contributed by atoms with E-state index in [0.29, 0.717) is 18.6 Å². The number of aryl methyl sites for hydroxylation is 1. The molecular weight excluding hydrogens is 374 g/mol. The van der Waals surface area contributed by atoms with Crippen molar-refractivity contribution >= 4 is 5.91 Å². The molecule has 0 radical (unpaired) electrons. The molecule has 0 unspecified atom stereocenters. The summed E-state index contributed by atoms with van der Waals surface area (Å²) in [5, 5.41) is 3.21. The lowest BCUT2D eigenvalue weighted by Crippen LogP contribution is -2.45. The fourth-order valence-electron chi connectivity index (χ4n) is 3.87. The molecule has 1 heterocycles. The Hall–Kier alpha value is -2.49. The van der Waals surface area contributed by atoms with Gasteiger partial charge in [-0.1, -0.05) is 52.0 Å². The van der Waals surface area contributed by atoms with Crippen LogP contribution in [-0.4, -0.2) is 17.6 Å². The first-order valence-electron chi connectivity index (χ1n) is 10.9. The second-order valence-electron chi connectivity index (χ2n) is 9.96. The van der Waals surface area contributed by atoms with Crippen LogP contribution in [0.25, 0.3) is 0 Å². The fraction of sp³-hybridized carbons (Fsp3) is 0.500. The summed E-state index contributed by atoms with van der Waals surface area (Å²) < 4.78 is 12.2. The Morgan fingerprint density at radius 1 is 1.20 bits per heavy atom. The van der Waals surface area contributed by atoms with Gasteiger partial charge in [0.15, 0.2) is 6.10 Å². The Morgan fingerprint density at radius 3 is 2.47 bits per heavy atom. The van der Waals surface area contributed by atoms with Crippen molar-refractivity contribution in [1.82, 2.24) is 5.32 Å². The number of hydrogen-bond acceptors (Lipinski definition) is 3. The van der Waals surface area contributed by atoms with E-state index in [-0.39, 0.29) is 23.0 Å². The zero-order valence-corrected chi connectivity index (χ0v) is 19.3. The molecule has 0 fully saturated rings. The van der Waals surface area contributed by atoms with Gasteiger partial charge in [-0.2, -0.15) is 0 Å². The molecule has 0 spiro atoms. The van der Waals surface area contributed by atoms with E-state index < -0.39 is 6.10 Å². The van der Waals surface area contributed by atoms with Gasteiger partial charge in [-0.3, -0.25) is 4.79 Å². The number of ether oxygens (including phenoxy) is 2. The van der Waals surface area contributed by atoms with E-state index in [9.17, 15) is 4.79 Å². The summed E-state index contributed by atoms with van der Waals surface area (Å²) in [7, 11) is 0. The molecule has 30 heavy (non-hydrogen) atoms. The molecule has 0 aliphatic carbocycles. The third-order valence-corrected chi connectivity index (χ3v) is 5.60. The molecule has 4 nitrogen and oxygen atoms in total. The monoisotopic (exact) mass is 409 g/mol. The van der Waals surface area contributed by atoms with Crippen LogP contribution in [0.15, 0.2) is 42.5 Å². The molecular formula is C26H35NO3. The maximum Gasteiger partial charge on any atom is 0.261 e. The van der Waals surface area contributed by atoms with Crippen molar-refractivity contribution in [3.8, 4) is 11.5 Å². The number of benzene rings is 2. The maximum atomic E-state index is 13.1. The van der Waals surface area contributed by atoms with Crippen LogP contribution in [0.5, 0.6) is 11.5 Å². The van der Waals surface area contributed by atoms with Crippen LogP contribution in [0.4, 0.5) is 0 Å². The van der Waals surface area contributed by atoms with E-state index in [1.165, 1.54) is 5.56 Å². The molecule has 4 heteroatoms. The molecule has 1 aliphatic heterocycles. The summed E-state index contributed by atoms with van der Waals surface area (Å²) in [6, 6.07) is 14.1. The van der Waals surface area contributed by atoms with Gasteiger partial charge in [-0.25, -0.2) is 0 Å². The van der Waals surface area contributed by atoms with Crippen molar-refractivity contribution in [2.24, 2.45) is 0 Å². The lowest BCUT2D eigenvalue weighted by atomic mass is 9.87. The van der Waals surface area contributed by atoms with E-state index in [4.69, 9.17) is 9.47 Å². The minimum Gasteiger partial charge on any atom is -0.487 e. The van der Waals surface area contributed by atoms with Crippen LogP contribution in [0.3, 0.4) is 0 Å². The number of carbonyl (C=O) groups is 1. The Morgan fingerprint density at radius 2 is 1.87 bits per heavy atom. The molecule has 162 valence electrons. The molecule has 0 bridgehead atoms. The van der Waals surface area contributed by atoms with Crippen LogP contribution in [0.1, 0.15) is 77.1 Å². The van der Waals surface area contributed by atoms with Crippen molar-refractivity contribution in [3.63, 3.8) is 0 Å². The second kappa shape index (κ2) is 8.33. The molecule has 3 rings (SSSR count). The van der Waals surface area contributed by atoms with E-state index in [0.717, 1.165) is 16.9 Å². The predicted octanol–water partition coefficient (Wildman–Crippen LogP) is 5.87. The molecule has 2 aromatic carbocycles. The first-order chi connectivity index (χ1) is 14.0. The van der Waals surface area contributed by atoms with Crippen LogP contribution in [-0.2, 0) is 10.2 Å². The topological polar surface area (TPSA) is 47.6 Å². The summed E-state index contributed by atoms with van der Waals surface area (Å²) in [6.07, 6.45) is 0.775. The number of carbonyl (C=O) groups excluding carboxylic acids is 1. The summed E-state index contributed by atoms with van der Waals surface area (Å²) in [6.45, 7) is 14.7. The lowest BCUT2D eigenvalue weighted by molar-refractivity contribution is -0.129. The Bertz CT molecular complexity index is 893. The van der Waals surface area contributed by atoms with Gasteiger partial charge >= 0.3 is 0 Å². The number of rotatable bonds is 5. The highest BCUT2D eigenvalue weighted by Gasteiger charge is 2.35. The first kappa shape index (κ1) is 22.2. The zero-order chi connectivity index (χ0) is 22.1. The Labute approximate surface area is 181 Å². The second-order valence-corrected chi connectivity index (χ2v) is 9.96. The van der Waals surface area contributed by atoms with E-state index in [1.54, 1.807) is 0 Å². The Kier molecular flexibility index (Phi) is 6.16. The van der Waals surface area contributed by atoms with E-state index >= 15 is 0 Å². The van der Waals surface area contributed by atoms with E-state index in [2.05, 4.69) is 64.2 Å². The summed E-state index contributed by atoms with van der Waals surface area (Å²) >= 11 is 0. The van der Waals surface area contributed by atoms with Crippen LogP contribution in [0.2, 0.25) is 0 Å².